The lowest BCUT2D eigenvalue weighted by Gasteiger charge is -2.13. The second-order valence-electron chi connectivity index (χ2n) is 5.54. The largest absolute Gasteiger partial charge is 0.444 e. The summed E-state index contributed by atoms with van der Waals surface area (Å²) in [5.74, 6) is 0. The Labute approximate surface area is 141 Å². The van der Waals surface area contributed by atoms with Gasteiger partial charge in [-0.2, -0.15) is 5.10 Å². The normalized spacial score (nSPS) is 18.1. The Kier molecular flexibility index (Phi) is 4.95. The molecule has 3 rings (SSSR count). The third-order valence-corrected chi connectivity index (χ3v) is 4.63. The molecule has 1 atom stereocenters. The monoisotopic (exact) mass is 360 g/mol. The molecule has 7 nitrogen and oxygen atoms in total. The van der Waals surface area contributed by atoms with Gasteiger partial charge < -0.3 is 9.47 Å². The van der Waals surface area contributed by atoms with Gasteiger partial charge in [-0.25, -0.2) is 23.1 Å². The Morgan fingerprint density at radius 3 is 2.96 bits per heavy atom. The summed E-state index contributed by atoms with van der Waals surface area (Å²) in [4.78, 5) is 17.7. The maximum atomic E-state index is 13.3. The summed E-state index contributed by atoms with van der Waals surface area (Å²) >= 11 is 1.19. The van der Waals surface area contributed by atoms with Crippen molar-refractivity contribution in [1.82, 2.24) is 19.5 Å². The van der Waals surface area contributed by atoms with Gasteiger partial charge in [0.2, 0.25) is 4.96 Å². The Morgan fingerprint density at radius 2 is 2.29 bits per heavy atom. The number of hydrogen-bond acceptors (Lipinski definition) is 6. The first-order valence-corrected chi connectivity index (χ1v) is 8.45. The number of methoxy groups -OCH3 is 1. The second-order valence-corrected chi connectivity index (χ2v) is 6.58. The molecule has 0 aliphatic carbocycles. The first-order valence-electron chi connectivity index (χ1n) is 7.63. The zero-order chi connectivity index (χ0) is 17.3. The zero-order valence-electron chi connectivity index (χ0n) is 13.4. The van der Waals surface area contributed by atoms with E-state index in [1.165, 1.54) is 27.9 Å². The Bertz CT molecular complexity index is 733. The van der Waals surface area contributed by atoms with E-state index in [2.05, 4.69) is 10.1 Å². The number of imidazole rings is 1. The highest BCUT2D eigenvalue weighted by molar-refractivity contribution is 7.16. The number of fused-ring (bicyclic) bond motifs is 1. The number of carbonyl (C=O) groups is 1. The number of carbonyl (C=O) groups excluding carboxylic acids is 1. The van der Waals surface area contributed by atoms with Crippen molar-refractivity contribution < 1.29 is 23.0 Å². The number of nitrogens with zero attached hydrogens (tertiary/aromatic N) is 4. The maximum Gasteiger partial charge on any atom is 0.410 e. The maximum absolute atomic E-state index is 13.3. The molecule has 1 amide bonds. The lowest BCUT2D eigenvalue weighted by atomic mass is 10.2. The van der Waals surface area contributed by atoms with Crippen molar-refractivity contribution in [2.24, 2.45) is 0 Å². The van der Waals surface area contributed by atoms with Gasteiger partial charge in [-0.15, -0.1) is 0 Å². The van der Waals surface area contributed by atoms with E-state index in [-0.39, 0.29) is 30.6 Å². The topological polar surface area (TPSA) is 69.0 Å². The van der Waals surface area contributed by atoms with Gasteiger partial charge in [0.25, 0.3) is 6.43 Å². The van der Waals surface area contributed by atoms with E-state index in [9.17, 15) is 13.6 Å². The molecule has 1 saturated heterocycles. The van der Waals surface area contributed by atoms with Crippen molar-refractivity contribution in [3.8, 4) is 0 Å². The number of alkyl halides is 2. The predicted molar refractivity (Wildman–Crippen MR) is 82.1 cm³/mol. The van der Waals surface area contributed by atoms with Crippen LogP contribution in [0.25, 0.3) is 4.96 Å². The first kappa shape index (κ1) is 17.0. The van der Waals surface area contributed by atoms with Gasteiger partial charge >= 0.3 is 6.09 Å². The molecule has 3 heterocycles. The molecule has 2 aromatic heterocycles. The van der Waals surface area contributed by atoms with Crippen molar-refractivity contribution in [2.45, 2.75) is 45.4 Å². The minimum Gasteiger partial charge on any atom is -0.444 e. The van der Waals surface area contributed by atoms with Crippen LogP contribution in [0.4, 0.5) is 13.6 Å². The Hall–Kier alpha value is -1.81. The van der Waals surface area contributed by atoms with Crippen LogP contribution in [0.3, 0.4) is 0 Å². The van der Waals surface area contributed by atoms with Crippen LogP contribution in [0.15, 0.2) is 0 Å². The molecule has 1 aliphatic heterocycles. The molecule has 0 radical (unpaired) electrons. The molecular formula is C14H18F2N4O3S. The molecule has 0 N–H and O–H groups in total. The highest BCUT2D eigenvalue weighted by Gasteiger charge is 2.33. The third-order valence-electron chi connectivity index (χ3n) is 3.74. The number of ether oxygens (including phenoxy) is 2. The van der Waals surface area contributed by atoms with E-state index < -0.39 is 12.5 Å². The number of hydrogen-bond donors (Lipinski definition) is 0. The minimum atomic E-state index is -2.73. The number of rotatable bonds is 7. The molecule has 132 valence electrons. The van der Waals surface area contributed by atoms with Gasteiger partial charge in [0.1, 0.15) is 16.8 Å². The van der Waals surface area contributed by atoms with Crippen molar-refractivity contribution in [3.05, 3.63) is 16.4 Å². The predicted octanol–water partition coefficient (Wildman–Crippen LogP) is 3.00. The van der Waals surface area contributed by atoms with Crippen LogP contribution in [0, 0.1) is 0 Å². The fourth-order valence-corrected chi connectivity index (χ4v) is 3.60. The summed E-state index contributed by atoms with van der Waals surface area (Å²) in [5, 5.41) is 4.90. The number of amides is 1. The molecule has 0 bridgehead atoms. The summed E-state index contributed by atoms with van der Waals surface area (Å²) < 4.78 is 38.2. The highest BCUT2D eigenvalue weighted by Crippen LogP contribution is 2.29. The standard InChI is InChI=1S/C14H18F2N4O3S/c1-3-4-8-5-19(14(21)23-8)6-9-11(12(15)16)17-13-20(9)18-10(24-13)7-22-2/h8,12H,3-7H2,1-2H3. The lowest BCUT2D eigenvalue weighted by Crippen LogP contribution is -2.26. The summed E-state index contributed by atoms with van der Waals surface area (Å²) in [5.41, 5.74) is -0.128. The van der Waals surface area contributed by atoms with Crippen molar-refractivity contribution in [2.75, 3.05) is 13.7 Å². The summed E-state index contributed by atoms with van der Waals surface area (Å²) in [7, 11) is 1.53. The van der Waals surface area contributed by atoms with Gasteiger partial charge in [0.15, 0.2) is 0 Å². The molecule has 1 aliphatic rings. The van der Waals surface area contributed by atoms with E-state index >= 15 is 0 Å². The van der Waals surface area contributed by atoms with E-state index in [0.717, 1.165) is 12.8 Å². The van der Waals surface area contributed by atoms with Gasteiger partial charge in [0, 0.05) is 7.11 Å². The minimum absolute atomic E-state index is 0.00393. The van der Waals surface area contributed by atoms with E-state index in [4.69, 9.17) is 9.47 Å². The molecule has 10 heteroatoms. The lowest BCUT2D eigenvalue weighted by molar-refractivity contribution is 0.126. The van der Waals surface area contributed by atoms with Gasteiger partial charge in [0.05, 0.1) is 25.4 Å². The zero-order valence-corrected chi connectivity index (χ0v) is 14.2. The van der Waals surface area contributed by atoms with Crippen molar-refractivity contribution >= 4 is 22.4 Å². The molecule has 24 heavy (non-hydrogen) atoms. The van der Waals surface area contributed by atoms with Crippen LogP contribution in [-0.4, -0.2) is 45.3 Å². The van der Waals surface area contributed by atoms with Gasteiger partial charge in [-0.05, 0) is 6.42 Å². The van der Waals surface area contributed by atoms with Crippen molar-refractivity contribution in [1.29, 1.82) is 0 Å². The average Bonchev–Trinajstić information content (AvgIpc) is 3.15. The fraction of sp³-hybridized carbons (Fsp3) is 0.643. The van der Waals surface area contributed by atoms with Gasteiger partial charge in [-0.1, -0.05) is 24.7 Å². The van der Waals surface area contributed by atoms with Crippen LogP contribution in [0.1, 0.15) is 42.6 Å². The summed E-state index contributed by atoms with van der Waals surface area (Å²) in [6.07, 6.45) is -1.78. The number of halogens is 2. The smallest absolute Gasteiger partial charge is 0.410 e. The Morgan fingerprint density at radius 1 is 1.50 bits per heavy atom. The molecular weight excluding hydrogens is 342 g/mol. The number of cyclic esters (lactones) is 1. The van der Waals surface area contributed by atoms with Crippen molar-refractivity contribution in [3.63, 3.8) is 0 Å². The van der Waals surface area contributed by atoms with E-state index in [1.54, 1.807) is 0 Å². The average molecular weight is 360 g/mol. The molecule has 0 aromatic carbocycles. The fourth-order valence-electron chi connectivity index (χ4n) is 2.71. The molecule has 1 unspecified atom stereocenters. The highest BCUT2D eigenvalue weighted by atomic mass is 32.1. The van der Waals surface area contributed by atoms with Crippen LogP contribution < -0.4 is 0 Å². The molecule has 2 aromatic rings. The number of aromatic nitrogens is 3. The van der Waals surface area contributed by atoms with Crippen LogP contribution >= 0.6 is 11.3 Å². The quantitative estimate of drug-likeness (QED) is 0.759. The van der Waals surface area contributed by atoms with Crippen LogP contribution in [0.5, 0.6) is 0 Å². The van der Waals surface area contributed by atoms with E-state index in [0.29, 0.717) is 16.5 Å². The molecule has 0 spiro atoms. The Balaban J connectivity index is 1.89. The molecule has 0 saturated carbocycles. The van der Waals surface area contributed by atoms with Crippen LogP contribution in [-0.2, 0) is 22.6 Å². The SMILES string of the molecule is CCCC1CN(Cc2c(C(F)F)nc3sc(COC)nn23)C(=O)O1. The second kappa shape index (κ2) is 6.98. The first-order chi connectivity index (χ1) is 11.5. The van der Waals surface area contributed by atoms with E-state index in [1.807, 2.05) is 6.92 Å². The molecule has 1 fully saturated rings. The van der Waals surface area contributed by atoms with Crippen LogP contribution in [0.2, 0.25) is 0 Å². The summed E-state index contributed by atoms with van der Waals surface area (Å²) in [6.45, 7) is 2.66. The summed E-state index contributed by atoms with van der Waals surface area (Å²) in [6, 6.07) is 0. The third kappa shape index (κ3) is 3.20. The van der Waals surface area contributed by atoms with Gasteiger partial charge in [-0.3, -0.25) is 4.90 Å².